The number of nitrogens with zero attached hydrogens (tertiary/aromatic N) is 2. The Morgan fingerprint density at radius 2 is 1.95 bits per heavy atom. The van der Waals surface area contributed by atoms with E-state index >= 15 is 0 Å². The summed E-state index contributed by atoms with van der Waals surface area (Å²) in [7, 11) is 0. The number of hydrogen-bond acceptors (Lipinski definition) is 3. The lowest BCUT2D eigenvalue weighted by atomic mass is 10.00. The molecule has 2 aliphatic heterocycles. The first-order chi connectivity index (χ1) is 9.77. The number of piperazine rings is 1. The second-order valence-electron chi connectivity index (χ2n) is 5.68. The van der Waals surface area contributed by atoms with E-state index in [2.05, 4.69) is 34.5 Å². The molecule has 4 heteroatoms. The van der Waals surface area contributed by atoms with Crippen LogP contribution in [-0.2, 0) is 11.2 Å². The van der Waals surface area contributed by atoms with Gasteiger partial charge in [-0.1, -0.05) is 18.2 Å². The van der Waals surface area contributed by atoms with E-state index in [-0.39, 0.29) is 11.9 Å². The van der Waals surface area contributed by atoms with Gasteiger partial charge >= 0.3 is 0 Å². The highest BCUT2D eigenvalue weighted by molar-refractivity contribution is 5.85. The van der Waals surface area contributed by atoms with Gasteiger partial charge in [0.1, 0.15) is 6.04 Å². The highest BCUT2D eigenvalue weighted by Crippen LogP contribution is 2.28. The van der Waals surface area contributed by atoms with E-state index in [1.165, 1.54) is 11.3 Å². The maximum atomic E-state index is 12.7. The van der Waals surface area contributed by atoms with Gasteiger partial charge in [-0.05, 0) is 31.4 Å². The van der Waals surface area contributed by atoms with Gasteiger partial charge in [0.25, 0.3) is 0 Å². The zero-order valence-electron chi connectivity index (χ0n) is 12.1. The second kappa shape index (κ2) is 5.83. The van der Waals surface area contributed by atoms with Gasteiger partial charge in [0.05, 0.1) is 0 Å². The number of rotatable bonds is 2. The summed E-state index contributed by atoms with van der Waals surface area (Å²) in [6, 6.07) is 8.43. The maximum absolute atomic E-state index is 12.7. The summed E-state index contributed by atoms with van der Waals surface area (Å²) in [5.74, 6) is 0.267. The molecule has 1 atom stereocenters. The van der Waals surface area contributed by atoms with Crippen molar-refractivity contribution < 1.29 is 4.79 Å². The van der Waals surface area contributed by atoms with Gasteiger partial charge in [-0.2, -0.15) is 0 Å². The monoisotopic (exact) mass is 273 g/mol. The molecule has 1 unspecified atom stereocenters. The molecule has 1 fully saturated rings. The van der Waals surface area contributed by atoms with E-state index in [0.29, 0.717) is 0 Å². The number of aryl methyl sites for hydroxylation is 1. The van der Waals surface area contributed by atoms with Gasteiger partial charge in [-0.3, -0.25) is 4.79 Å². The maximum Gasteiger partial charge on any atom is 0.245 e. The van der Waals surface area contributed by atoms with Gasteiger partial charge in [-0.15, -0.1) is 0 Å². The number of benzene rings is 1. The number of carbonyl (C=O) groups is 1. The van der Waals surface area contributed by atoms with E-state index in [4.69, 9.17) is 0 Å². The van der Waals surface area contributed by atoms with E-state index in [1.54, 1.807) is 0 Å². The molecule has 3 rings (SSSR count). The molecule has 20 heavy (non-hydrogen) atoms. The standard InChI is InChI=1S/C16H23N3O/c1-13(16(20)18-11-8-17-9-12-18)19-10-4-6-14-5-2-3-7-15(14)19/h2-3,5,7,13,17H,4,6,8-12H2,1H3. The van der Waals surface area contributed by atoms with Crippen LogP contribution >= 0.6 is 0 Å². The van der Waals surface area contributed by atoms with Crippen molar-refractivity contribution in [1.29, 1.82) is 0 Å². The number of para-hydroxylation sites is 1. The summed E-state index contributed by atoms with van der Waals surface area (Å²) in [4.78, 5) is 16.9. The van der Waals surface area contributed by atoms with Crippen molar-refractivity contribution in [3.05, 3.63) is 29.8 Å². The fourth-order valence-electron chi connectivity index (χ4n) is 3.25. The van der Waals surface area contributed by atoms with Crippen molar-refractivity contribution in [3.8, 4) is 0 Å². The summed E-state index contributed by atoms with van der Waals surface area (Å²) in [6.07, 6.45) is 2.26. The molecule has 1 amide bonds. The minimum absolute atomic E-state index is 0.0606. The number of amides is 1. The van der Waals surface area contributed by atoms with Crippen LogP contribution < -0.4 is 10.2 Å². The van der Waals surface area contributed by atoms with Gasteiger partial charge in [0.15, 0.2) is 0 Å². The molecule has 0 bridgehead atoms. The number of fused-ring (bicyclic) bond motifs is 1. The lowest BCUT2D eigenvalue weighted by molar-refractivity contribution is -0.132. The molecule has 1 aromatic carbocycles. The smallest absolute Gasteiger partial charge is 0.245 e. The molecular weight excluding hydrogens is 250 g/mol. The summed E-state index contributed by atoms with van der Waals surface area (Å²) >= 11 is 0. The molecule has 0 aromatic heterocycles. The Morgan fingerprint density at radius 3 is 2.75 bits per heavy atom. The van der Waals surface area contributed by atoms with Crippen molar-refractivity contribution in [2.75, 3.05) is 37.6 Å². The molecule has 0 aliphatic carbocycles. The molecule has 108 valence electrons. The SMILES string of the molecule is CC(C(=O)N1CCNCC1)N1CCCc2ccccc21. The van der Waals surface area contributed by atoms with Crippen molar-refractivity contribution in [1.82, 2.24) is 10.2 Å². The zero-order chi connectivity index (χ0) is 13.9. The summed E-state index contributed by atoms with van der Waals surface area (Å²) < 4.78 is 0. The quantitative estimate of drug-likeness (QED) is 0.881. The van der Waals surface area contributed by atoms with Crippen LogP contribution in [0, 0.1) is 0 Å². The molecule has 1 N–H and O–H groups in total. The van der Waals surface area contributed by atoms with Gasteiger partial charge in [0.2, 0.25) is 5.91 Å². The molecule has 0 radical (unpaired) electrons. The van der Waals surface area contributed by atoms with Crippen LogP contribution in [0.2, 0.25) is 0 Å². The number of nitrogens with one attached hydrogen (secondary N) is 1. The Labute approximate surface area is 120 Å². The molecular formula is C16H23N3O. The third-order valence-corrected chi connectivity index (χ3v) is 4.40. The van der Waals surface area contributed by atoms with Crippen molar-refractivity contribution in [2.45, 2.75) is 25.8 Å². The highest BCUT2D eigenvalue weighted by Gasteiger charge is 2.29. The predicted molar refractivity (Wildman–Crippen MR) is 81.0 cm³/mol. The van der Waals surface area contributed by atoms with Crippen molar-refractivity contribution in [2.24, 2.45) is 0 Å². The van der Waals surface area contributed by atoms with Crippen molar-refractivity contribution >= 4 is 11.6 Å². The first-order valence-corrected chi connectivity index (χ1v) is 7.61. The third-order valence-electron chi connectivity index (χ3n) is 4.40. The predicted octanol–water partition coefficient (Wildman–Crippen LogP) is 1.26. The first kappa shape index (κ1) is 13.4. The molecule has 0 spiro atoms. The van der Waals surface area contributed by atoms with E-state index in [1.807, 2.05) is 11.8 Å². The summed E-state index contributed by atoms with van der Waals surface area (Å²) in [5.41, 5.74) is 2.62. The Hall–Kier alpha value is -1.55. The number of carbonyl (C=O) groups excluding carboxylic acids is 1. The molecule has 2 aliphatic rings. The number of hydrogen-bond donors (Lipinski definition) is 1. The second-order valence-corrected chi connectivity index (χ2v) is 5.68. The minimum Gasteiger partial charge on any atom is -0.360 e. The van der Waals surface area contributed by atoms with Crippen molar-refractivity contribution in [3.63, 3.8) is 0 Å². The molecule has 1 saturated heterocycles. The molecule has 4 nitrogen and oxygen atoms in total. The van der Waals surface area contributed by atoms with Crippen LogP contribution in [0.15, 0.2) is 24.3 Å². The normalized spacial score (nSPS) is 20.4. The molecule has 1 aromatic rings. The van der Waals surface area contributed by atoms with Crippen LogP contribution in [0.3, 0.4) is 0 Å². The van der Waals surface area contributed by atoms with E-state index in [9.17, 15) is 4.79 Å². The molecule has 0 saturated carbocycles. The zero-order valence-corrected chi connectivity index (χ0v) is 12.1. The van der Waals surface area contributed by atoms with E-state index in [0.717, 1.165) is 45.6 Å². The van der Waals surface area contributed by atoms with Crippen LogP contribution in [0.4, 0.5) is 5.69 Å². The summed E-state index contributed by atoms with van der Waals surface area (Å²) in [6.45, 7) is 6.52. The van der Waals surface area contributed by atoms with Gasteiger partial charge < -0.3 is 15.1 Å². The summed E-state index contributed by atoms with van der Waals surface area (Å²) in [5, 5.41) is 3.30. The minimum atomic E-state index is -0.0606. The molecule has 2 heterocycles. The average Bonchev–Trinajstić information content (AvgIpc) is 2.54. The topological polar surface area (TPSA) is 35.6 Å². The Balaban J connectivity index is 1.77. The van der Waals surface area contributed by atoms with Crippen LogP contribution in [0.25, 0.3) is 0 Å². The average molecular weight is 273 g/mol. The Bertz CT molecular complexity index is 482. The lowest BCUT2D eigenvalue weighted by Gasteiger charge is -2.38. The van der Waals surface area contributed by atoms with Crippen LogP contribution in [0.1, 0.15) is 18.9 Å². The first-order valence-electron chi connectivity index (χ1n) is 7.61. The Morgan fingerprint density at radius 1 is 1.20 bits per heavy atom. The van der Waals surface area contributed by atoms with Crippen LogP contribution in [-0.4, -0.2) is 49.6 Å². The van der Waals surface area contributed by atoms with E-state index < -0.39 is 0 Å². The van der Waals surface area contributed by atoms with Crippen LogP contribution in [0.5, 0.6) is 0 Å². The fourth-order valence-corrected chi connectivity index (χ4v) is 3.25. The fraction of sp³-hybridized carbons (Fsp3) is 0.562. The lowest BCUT2D eigenvalue weighted by Crippen LogP contribution is -2.54. The Kier molecular flexibility index (Phi) is 3.92. The number of anilines is 1. The highest BCUT2D eigenvalue weighted by atomic mass is 16.2. The third kappa shape index (κ3) is 2.52. The van der Waals surface area contributed by atoms with Gasteiger partial charge in [0, 0.05) is 38.4 Å². The van der Waals surface area contributed by atoms with Gasteiger partial charge in [-0.25, -0.2) is 0 Å². The largest absolute Gasteiger partial charge is 0.360 e.